The third-order valence-electron chi connectivity index (χ3n) is 6.90. The number of rotatable bonds is 5. The first-order valence-electron chi connectivity index (χ1n) is 10.1. The number of benzene rings is 1. The zero-order chi connectivity index (χ0) is 19.4. The van der Waals surface area contributed by atoms with Crippen LogP contribution in [0.1, 0.15) is 45.4 Å². The van der Waals surface area contributed by atoms with E-state index in [9.17, 15) is 4.79 Å². The van der Waals surface area contributed by atoms with Gasteiger partial charge in [-0.1, -0.05) is 12.1 Å². The van der Waals surface area contributed by atoms with Gasteiger partial charge in [-0.2, -0.15) is 0 Å². The van der Waals surface area contributed by atoms with Crippen LogP contribution in [-0.4, -0.2) is 27.3 Å². The summed E-state index contributed by atoms with van der Waals surface area (Å²) in [6.07, 6.45) is 7.80. The molecule has 0 aliphatic heterocycles. The summed E-state index contributed by atoms with van der Waals surface area (Å²) in [5.74, 6) is 1.94. The molecule has 4 aliphatic rings. The van der Waals surface area contributed by atoms with Gasteiger partial charge in [-0.15, -0.1) is 5.10 Å². The first kappa shape index (κ1) is 18.0. The lowest BCUT2D eigenvalue weighted by Gasteiger charge is -2.60. The van der Waals surface area contributed by atoms with Crippen LogP contribution in [0.4, 0.5) is 5.69 Å². The third kappa shape index (κ3) is 2.81. The number of para-hydroxylation sites is 2. The summed E-state index contributed by atoms with van der Waals surface area (Å²) < 4.78 is 7.64. The number of ether oxygens (including phenoxy) is 1. The Morgan fingerprint density at radius 2 is 2.04 bits per heavy atom. The molecule has 1 aromatic heterocycles. The van der Waals surface area contributed by atoms with Crippen LogP contribution in [0.15, 0.2) is 30.6 Å². The van der Waals surface area contributed by atoms with Crippen LogP contribution in [0, 0.1) is 17.3 Å². The molecular weight excluding hydrogens is 376 g/mol. The highest BCUT2D eigenvalue weighted by Gasteiger charge is 2.61. The molecule has 148 valence electrons. The highest BCUT2D eigenvalue weighted by Crippen LogP contribution is 2.64. The Balaban J connectivity index is 1.46. The molecule has 0 radical (unpaired) electrons. The van der Waals surface area contributed by atoms with Gasteiger partial charge in [0.2, 0.25) is 11.2 Å². The molecule has 6 rings (SSSR count). The number of anilines is 1. The second-order valence-electron chi connectivity index (χ2n) is 8.81. The number of nitrogens with one attached hydrogen (secondary N) is 1. The fourth-order valence-electron chi connectivity index (χ4n) is 6.33. The molecular formula is C21H25ClN4O2. The van der Waals surface area contributed by atoms with Crippen LogP contribution in [0.2, 0.25) is 5.28 Å². The van der Waals surface area contributed by atoms with Crippen molar-refractivity contribution in [2.24, 2.45) is 17.3 Å². The third-order valence-corrected chi connectivity index (χ3v) is 7.07. The molecule has 0 spiro atoms. The summed E-state index contributed by atoms with van der Waals surface area (Å²) >= 11 is 6.02. The van der Waals surface area contributed by atoms with Crippen molar-refractivity contribution in [3.63, 3.8) is 0 Å². The van der Waals surface area contributed by atoms with Gasteiger partial charge in [0, 0.05) is 0 Å². The predicted octanol–water partition coefficient (Wildman–Crippen LogP) is 4.26. The quantitative estimate of drug-likeness (QED) is 0.813. The van der Waals surface area contributed by atoms with E-state index in [0.29, 0.717) is 18.4 Å². The maximum atomic E-state index is 13.6. The Bertz CT molecular complexity index is 897. The highest BCUT2D eigenvalue weighted by atomic mass is 35.5. The maximum Gasteiger partial charge on any atom is 0.242 e. The molecule has 2 aromatic rings. The molecule has 1 amide bonds. The molecule has 1 heterocycles. The Morgan fingerprint density at radius 3 is 2.71 bits per heavy atom. The van der Waals surface area contributed by atoms with E-state index in [-0.39, 0.29) is 22.1 Å². The first-order chi connectivity index (χ1) is 13.5. The average Bonchev–Trinajstić information content (AvgIpc) is 3.10. The number of hydrogen-bond acceptors (Lipinski definition) is 4. The molecule has 4 saturated carbocycles. The summed E-state index contributed by atoms with van der Waals surface area (Å²) in [4.78, 5) is 17.7. The van der Waals surface area contributed by atoms with E-state index >= 15 is 0 Å². The highest BCUT2D eigenvalue weighted by molar-refractivity contribution is 6.28. The number of amides is 1. The maximum absolute atomic E-state index is 13.6. The standard InChI is InChI=1S/C21H25ClN4O2/c1-2-28-17-6-4-3-5-16(17)24-18(27)20-8-14-7-15(9-20)11-21(10-14,12-20)26-13-23-19(22)25-26/h3-6,13-15H,2,7-12H2,1H3,(H,24,27)/t14-,15-,20?,21?/m1/s1. The fraction of sp³-hybridized carbons (Fsp3) is 0.571. The molecule has 7 heteroatoms. The van der Waals surface area contributed by atoms with Crippen LogP contribution in [0.25, 0.3) is 0 Å². The van der Waals surface area contributed by atoms with Crippen molar-refractivity contribution in [3.05, 3.63) is 35.9 Å². The first-order valence-corrected chi connectivity index (χ1v) is 10.5. The van der Waals surface area contributed by atoms with Crippen molar-refractivity contribution in [2.75, 3.05) is 11.9 Å². The fourth-order valence-corrected chi connectivity index (χ4v) is 6.45. The molecule has 4 aliphatic carbocycles. The Hall–Kier alpha value is -2.08. The molecule has 1 aromatic carbocycles. The summed E-state index contributed by atoms with van der Waals surface area (Å²) in [6, 6.07) is 7.67. The van der Waals surface area contributed by atoms with Crippen molar-refractivity contribution >= 4 is 23.2 Å². The molecule has 6 nitrogen and oxygen atoms in total. The van der Waals surface area contributed by atoms with Gasteiger partial charge in [0.15, 0.2) is 0 Å². The van der Waals surface area contributed by atoms with Gasteiger partial charge in [-0.25, -0.2) is 9.67 Å². The van der Waals surface area contributed by atoms with Gasteiger partial charge in [0.05, 0.1) is 23.2 Å². The normalized spacial score (nSPS) is 33.1. The zero-order valence-electron chi connectivity index (χ0n) is 16.0. The minimum Gasteiger partial charge on any atom is -0.492 e. The smallest absolute Gasteiger partial charge is 0.242 e. The number of carbonyl (C=O) groups is 1. The molecule has 0 saturated heterocycles. The second kappa shape index (κ2) is 6.48. The minimum atomic E-state index is -0.359. The van der Waals surface area contributed by atoms with Crippen LogP contribution in [0.3, 0.4) is 0 Å². The average molecular weight is 401 g/mol. The molecule has 0 unspecified atom stereocenters. The summed E-state index contributed by atoms with van der Waals surface area (Å²) in [7, 11) is 0. The van der Waals surface area contributed by atoms with E-state index in [4.69, 9.17) is 16.3 Å². The van der Waals surface area contributed by atoms with Gasteiger partial charge < -0.3 is 10.1 Å². The van der Waals surface area contributed by atoms with Crippen molar-refractivity contribution in [1.82, 2.24) is 14.8 Å². The van der Waals surface area contributed by atoms with Crippen LogP contribution >= 0.6 is 11.6 Å². The number of hydrogen-bond donors (Lipinski definition) is 1. The summed E-state index contributed by atoms with van der Waals surface area (Å²) in [5.41, 5.74) is 0.256. The Labute approximate surface area is 169 Å². The van der Waals surface area contributed by atoms with Gasteiger partial charge in [0.25, 0.3) is 0 Å². The van der Waals surface area contributed by atoms with E-state index in [1.807, 2.05) is 35.9 Å². The Kier molecular flexibility index (Phi) is 4.16. The van der Waals surface area contributed by atoms with Crippen molar-refractivity contribution in [1.29, 1.82) is 0 Å². The lowest BCUT2D eigenvalue weighted by Crippen LogP contribution is -2.60. The lowest BCUT2D eigenvalue weighted by atomic mass is 9.46. The minimum absolute atomic E-state index is 0.115. The number of nitrogens with zero attached hydrogens (tertiary/aromatic N) is 3. The summed E-state index contributed by atoms with van der Waals surface area (Å²) in [6.45, 7) is 2.52. The van der Waals surface area contributed by atoms with E-state index in [1.54, 1.807) is 6.33 Å². The van der Waals surface area contributed by atoms with Crippen molar-refractivity contribution in [2.45, 2.75) is 51.0 Å². The van der Waals surface area contributed by atoms with Gasteiger partial charge >= 0.3 is 0 Å². The van der Waals surface area contributed by atoms with E-state index < -0.39 is 0 Å². The van der Waals surface area contributed by atoms with Gasteiger partial charge in [-0.05, 0) is 81.0 Å². The van der Waals surface area contributed by atoms with Crippen molar-refractivity contribution in [3.8, 4) is 5.75 Å². The molecule has 4 bridgehead atoms. The largest absolute Gasteiger partial charge is 0.492 e. The molecule has 28 heavy (non-hydrogen) atoms. The van der Waals surface area contributed by atoms with Crippen LogP contribution in [-0.2, 0) is 10.3 Å². The van der Waals surface area contributed by atoms with E-state index in [1.165, 1.54) is 6.42 Å². The van der Waals surface area contributed by atoms with Crippen LogP contribution < -0.4 is 10.1 Å². The van der Waals surface area contributed by atoms with Gasteiger partial charge in [-0.3, -0.25) is 4.79 Å². The van der Waals surface area contributed by atoms with Gasteiger partial charge in [0.1, 0.15) is 12.1 Å². The zero-order valence-corrected chi connectivity index (χ0v) is 16.8. The number of carbonyl (C=O) groups excluding carboxylic acids is 1. The topological polar surface area (TPSA) is 69.0 Å². The van der Waals surface area contributed by atoms with Crippen LogP contribution in [0.5, 0.6) is 5.75 Å². The molecule has 4 fully saturated rings. The van der Waals surface area contributed by atoms with E-state index in [2.05, 4.69) is 15.4 Å². The molecule has 1 N–H and O–H groups in total. The Morgan fingerprint density at radius 1 is 1.29 bits per heavy atom. The number of aromatic nitrogens is 3. The number of halogens is 1. The lowest BCUT2D eigenvalue weighted by molar-refractivity contribution is -0.150. The monoisotopic (exact) mass is 400 g/mol. The van der Waals surface area contributed by atoms with E-state index in [0.717, 1.165) is 43.5 Å². The SMILES string of the molecule is CCOc1ccccc1NC(=O)C12C[C@H]3C[C@H](C1)CC(n1cnc(Cl)n1)(C3)C2. The predicted molar refractivity (Wildman–Crippen MR) is 106 cm³/mol. The summed E-state index contributed by atoms with van der Waals surface area (Å²) in [5, 5.41) is 7.90. The second-order valence-corrected chi connectivity index (χ2v) is 9.15. The van der Waals surface area contributed by atoms with Crippen molar-refractivity contribution < 1.29 is 9.53 Å². The molecule has 2 atom stereocenters.